The van der Waals surface area contributed by atoms with Crippen LogP contribution in [0.2, 0.25) is 0 Å². The van der Waals surface area contributed by atoms with Crippen molar-refractivity contribution < 1.29 is 4.74 Å². The minimum absolute atomic E-state index is 0.257. The molecule has 0 aromatic carbocycles. The van der Waals surface area contributed by atoms with E-state index in [2.05, 4.69) is 9.98 Å². The number of thiazole rings is 1. The summed E-state index contributed by atoms with van der Waals surface area (Å²) in [6, 6.07) is 0.257. The van der Waals surface area contributed by atoms with Gasteiger partial charge in [-0.2, -0.15) is 0 Å². The van der Waals surface area contributed by atoms with Gasteiger partial charge in [-0.15, -0.1) is 11.3 Å². The zero-order valence-corrected chi connectivity index (χ0v) is 7.47. The first-order chi connectivity index (χ1) is 5.71. The third-order valence-electron chi connectivity index (χ3n) is 1.75. The average molecular weight is 183 g/mol. The van der Waals surface area contributed by atoms with Gasteiger partial charge in [0.1, 0.15) is 17.2 Å². The van der Waals surface area contributed by atoms with E-state index in [0.717, 1.165) is 5.01 Å². The molecule has 0 radical (unpaired) electrons. The second kappa shape index (κ2) is 2.45. The molecule has 0 bridgehead atoms. The van der Waals surface area contributed by atoms with E-state index < -0.39 is 0 Å². The largest absolute Gasteiger partial charge is 0.462 e. The number of aromatic nitrogens is 1. The van der Waals surface area contributed by atoms with Crippen molar-refractivity contribution in [1.82, 2.24) is 4.98 Å². The van der Waals surface area contributed by atoms with Gasteiger partial charge in [-0.25, -0.2) is 9.98 Å². The molecule has 2 rings (SSSR count). The Hall–Kier alpha value is -1.10. The normalized spacial score (nSPS) is 28.2. The van der Waals surface area contributed by atoms with E-state index in [9.17, 15) is 0 Å². The summed E-state index contributed by atoms with van der Waals surface area (Å²) in [6.07, 6.45) is 1.76. The van der Waals surface area contributed by atoms with Crippen molar-refractivity contribution in [1.29, 1.82) is 0 Å². The first-order valence-corrected chi connectivity index (χ1v) is 4.47. The molecule has 0 fully saturated rings. The highest BCUT2D eigenvalue weighted by atomic mass is 32.1. The van der Waals surface area contributed by atoms with Crippen LogP contribution in [0.1, 0.15) is 11.9 Å². The summed E-state index contributed by atoms with van der Waals surface area (Å²) in [5.41, 5.74) is 5.06. The van der Waals surface area contributed by atoms with Crippen LogP contribution < -0.4 is 5.73 Å². The lowest BCUT2D eigenvalue weighted by molar-refractivity contribution is 0.266. The molecule has 0 aliphatic carbocycles. The van der Waals surface area contributed by atoms with Crippen molar-refractivity contribution in [2.24, 2.45) is 10.7 Å². The molecule has 1 aromatic rings. The maximum absolute atomic E-state index is 5.42. The van der Waals surface area contributed by atoms with Crippen LogP contribution >= 0.6 is 11.3 Å². The van der Waals surface area contributed by atoms with Gasteiger partial charge in [-0.05, 0) is 6.92 Å². The van der Waals surface area contributed by atoms with Gasteiger partial charge in [0.2, 0.25) is 0 Å². The summed E-state index contributed by atoms with van der Waals surface area (Å²) in [5, 5.41) is 2.87. The molecule has 0 saturated heterocycles. The highest BCUT2D eigenvalue weighted by Gasteiger charge is 2.35. The van der Waals surface area contributed by atoms with E-state index in [0.29, 0.717) is 6.61 Å². The van der Waals surface area contributed by atoms with Gasteiger partial charge >= 0.3 is 0 Å². The van der Waals surface area contributed by atoms with Crippen LogP contribution in [-0.4, -0.2) is 17.6 Å². The van der Waals surface area contributed by atoms with Crippen LogP contribution in [0.5, 0.6) is 0 Å². The van der Waals surface area contributed by atoms with Gasteiger partial charge in [-0.3, -0.25) is 0 Å². The monoisotopic (exact) mass is 183 g/mol. The third kappa shape index (κ3) is 1.06. The van der Waals surface area contributed by atoms with Gasteiger partial charge in [0, 0.05) is 11.6 Å². The van der Waals surface area contributed by atoms with E-state index in [1.165, 1.54) is 0 Å². The molecule has 1 aliphatic rings. The molecule has 0 amide bonds. The van der Waals surface area contributed by atoms with Crippen molar-refractivity contribution in [3.8, 4) is 0 Å². The minimum Gasteiger partial charge on any atom is -0.462 e. The Bertz CT molecular complexity index is 308. The topological polar surface area (TPSA) is 60.5 Å². The Kier molecular flexibility index (Phi) is 1.54. The van der Waals surface area contributed by atoms with Gasteiger partial charge in [0.05, 0.1) is 0 Å². The summed E-state index contributed by atoms with van der Waals surface area (Å²) in [6.45, 7) is 2.46. The average Bonchev–Trinajstić information content (AvgIpc) is 2.59. The van der Waals surface area contributed by atoms with Crippen LogP contribution in [0.25, 0.3) is 0 Å². The summed E-state index contributed by atoms with van der Waals surface area (Å²) in [7, 11) is 0. The molecule has 1 atom stereocenters. The third-order valence-corrected chi connectivity index (χ3v) is 2.78. The lowest BCUT2D eigenvalue weighted by atomic mass is 10.1. The lowest BCUT2D eigenvalue weighted by Crippen LogP contribution is -2.20. The molecule has 2 N–H and O–H groups in total. The fourth-order valence-electron chi connectivity index (χ4n) is 1.12. The Balaban J connectivity index is 2.35. The zero-order chi connectivity index (χ0) is 8.60. The Morgan fingerprint density at radius 2 is 2.58 bits per heavy atom. The van der Waals surface area contributed by atoms with Crippen molar-refractivity contribution in [3.05, 3.63) is 16.6 Å². The summed E-state index contributed by atoms with van der Waals surface area (Å²) in [5.74, 6) is 0. The second-order valence-corrected chi connectivity index (χ2v) is 3.74. The number of nitrogens with two attached hydrogens (primary N) is 1. The highest BCUT2D eigenvalue weighted by molar-refractivity contribution is 7.09. The summed E-state index contributed by atoms with van der Waals surface area (Å²) < 4.78 is 5.09. The summed E-state index contributed by atoms with van der Waals surface area (Å²) >= 11 is 1.57. The van der Waals surface area contributed by atoms with Gasteiger partial charge in [0.15, 0.2) is 0 Å². The predicted molar refractivity (Wildman–Crippen MR) is 47.0 cm³/mol. The van der Waals surface area contributed by atoms with Gasteiger partial charge in [0.25, 0.3) is 6.02 Å². The Morgan fingerprint density at radius 1 is 1.75 bits per heavy atom. The molecular weight excluding hydrogens is 174 g/mol. The Labute approximate surface area is 74.1 Å². The van der Waals surface area contributed by atoms with Crippen LogP contribution in [0.15, 0.2) is 16.6 Å². The first-order valence-electron chi connectivity index (χ1n) is 3.59. The first kappa shape index (κ1) is 7.54. The van der Waals surface area contributed by atoms with Crippen LogP contribution in [0.3, 0.4) is 0 Å². The highest BCUT2D eigenvalue weighted by Crippen LogP contribution is 2.30. The van der Waals surface area contributed by atoms with E-state index in [4.69, 9.17) is 10.5 Å². The number of hydrogen-bond donors (Lipinski definition) is 1. The van der Waals surface area contributed by atoms with Crippen molar-refractivity contribution >= 4 is 17.4 Å². The van der Waals surface area contributed by atoms with Crippen molar-refractivity contribution in [2.45, 2.75) is 12.5 Å². The van der Waals surface area contributed by atoms with E-state index >= 15 is 0 Å². The molecule has 64 valence electrons. The van der Waals surface area contributed by atoms with Crippen LogP contribution in [0.4, 0.5) is 0 Å². The number of rotatable bonds is 1. The maximum atomic E-state index is 5.42. The fourth-order valence-corrected chi connectivity index (χ4v) is 1.85. The lowest BCUT2D eigenvalue weighted by Gasteiger charge is -2.13. The van der Waals surface area contributed by atoms with Crippen LogP contribution in [0, 0.1) is 0 Å². The molecule has 1 aliphatic heterocycles. The van der Waals surface area contributed by atoms with E-state index in [1.807, 2.05) is 12.3 Å². The zero-order valence-electron chi connectivity index (χ0n) is 6.65. The fraction of sp³-hybridized carbons (Fsp3) is 0.429. The molecule has 0 spiro atoms. The van der Waals surface area contributed by atoms with Gasteiger partial charge < -0.3 is 10.5 Å². The Morgan fingerprint density at radius 3 is 3.08 bits per heavy atom. The molecule has 2 heterocycles. The molecule has 1 unspecified atom stereocenters. The molecule has 5 heteroatoms. The minimum atomic E-state index is -0.363. The van der Waals surface area contributed by atoms with Crippen LogP contribution in [-0.2, 0) is 10.3 Å². The van der Waals surface area contributed by atoms with Gasteiger partial charge in [-0.1, -0.05) is 0 Å². The number of hydrogen-bond acceptors (Lipinski definition) is 5. The standard InChI is InChI=1S/C7H9N3OS/c1-7(4-11-6(8)10-7)5-9-2-3-12-5/h2-3H,4H2,1H3,(H2,8,10). The number of nitrogens with zero attached hydrogens (tertiary/aromatic N) is 2. The summed E-state index contributed by atoms with van der Waals surface area (Å²) in [4.78, 5) is 8.36. The molecular formula is C7H9N3OS. The van der Waals surface area contributed by atoms with Crippen molar-refractivity contribution in [2.75, 3.05) is 6.61 Å². The maximum Gasteiger partial charge on any atom is 0.283 e. The SMILES string of the molecule is CC1(c2nccs2)COC(N)=N1. The molecule has 1 aromatic heterocycles. The van der Waals surface area contributed by atoms with E-state index in [1.54, 1.807) is 17.5 Å². The van der Waals surface area contributed by atoms with Crippen molar-refractivity contribution in [3.63, 3.8) is 0 Å². The number of ether oxygens (including phenoxy) is 1. The number of amidine groups is 1. The predicted octanol–water partition coefficient (Wildman–Crippen LogP) is 0.703. The molecule has 12 heavy (non-hydrogen) atoms. The molecule has 4 nitrogen and oxygen atoms in total. The number of aliphatic imine (C=N–C) groups is 1. The quantitative estimate of drug-likeness (QED) is 0.697. The molecule has 0 saturated carbocycles. The van der Waals surface area contributed by atoms with E-state index in [-0.39, 0.29) is 11.6 Å². The smallest absolute Gasteiger partial charge is 0.283 e. The second-order valence-electron chi connectivity index (χ2n) is 2.85.